The van der Waals surface area contributed by atoms with Crippen LogP contribution >= 0.6 is 0 Å². The number of fused-ring (bicyclic) bond motifs is 1. The third kappa shape index (κ3) is 6.27. The number of carbonyl (C=O) groups is 2. The molecule has 192 valence electrons. The van der Waals surface area contributed by atoms with E-state index in [4.69, 9.17) is 15.5 Å². The third-order valence-electron chi connectivity index (χ3n) is 6.60. The number of piperidine rings is 1. The Bertz CT molecular complexity index is 1200. The Balaban J connectivity index is 1.36. The lowest BCUT2D eigenvalue weighted by Gasteiger charge is -2.33. The van der Waals surface area contributed by atoms with Crippen molar-refractivity contribution in [1.82, 2.24) is 19.8 Å². The van der Waals surface area contributed by atoms with E-state index in [2.05, 4.69) is 16.0 Å². The van der Waals surface area contributed by atoms with E-state index in [0.29, 0.717) is 19.7 Å². The van der Waals surface area contributed by atoms with Crippen molar-refractivity contribution < 1.29 is 18.7 Å². The number of hydrogen-bond acceptors (Lipinski definition) is 5. The first-order chi connectivity index (χ1) is 17.5. The van der Waals surface area contributed by atoms with Gasteiger partial charge in [-0.25, -0.2) is 9.37 Å². The molecule has 1 saturated heterocycles. The average Bonchev–Trinajstić information content (AvgIpc) is 3.26. The van der Waals surface area contributed by atoms with Gasteiger partial charge in [-0.2, -0.15) is 0 Å². The van der Waals surface area contributed by atoms with Crippen LogP contribution in [-0.4, -0.2) is 65.7 Å². The SMILES string of the molecule is COCCCn1c([C@@H]2CCCN(C(=O)C[C@H](N)CNC(=O)c3cccc(F)c3)C2)nc2ccccc21. The van der Waals surface area contributed by atoms with E-state index in [0.717, 1.165) is 42.7 Å². The zero-order valence-corrected chi connectivity index (χ0v) is 20.7. The van der Waals surface area contributed by atoms with E-state index in [1.807, 2.05) is 23.1 Å². The Morgan fingerprint density at radius 3 is 2.89 bits per heavy atom. The minimum atomic E-state index is -0.533. The van der Waals surface area contributed by atoms with Crippen LogP contribution in [0.25, 0.3) is 11.0 Å². The van der Waals surface area contributed by atoms with Crippen molar-refractivity contribution in [2.45, 2.75) is 44.2 Å². The molecule has 2 heterocycles. The number of para-hydroxylation sites is 2. The Morgan fingerprint density at radius 2 is 2.08 bits per heavy atom. The van der Waals surface area contributed by atoms with Crippen molar-refractivity contribution in [1.29, 1.82) is 0 Å². The van der Waals surface area contributed by atoms with Gasteiger partial charge >= 0.3 is 0 Å². The van der Waals surface area contributed by atoms with E-state index in [-0.39, 0.29) is 30.4 Å². The summed E-state index contributed by atoms with van der Waals surface area (Å²) in [7, 11) is 1.70. The highest BCUT2D eigenvalue weighted by atomic mass is 19.1. The number of rotatable bonds is 10. The van der Waals surface area contributed by atoms with Crippen molar-refractivity contribution in [3.8, 4) is 0 Å². The molecule has 1 fully saturated rings. The van der Waals surface area contributed by atoms with E-state index in [1.165, 1.54) is 24.3 Å². The highest BCUT2D eigenvalue weighted by Gasteiger charge is 2.29. The van der Waals surface area contributed by atoms with Crippen molar-refractivity contribution >= 4 is 22.8 Å². The van der Waals surface area contributed by atoms with Gasteiger partial charge in [0.2, 0.25) is 5.91 Å². The summed E-state index contributed by atoms with van der Waals surface area (Å²) in [5.41, 5.74) is 8.45. The lowest BCUT2D eigenvalue weighted by molar-refractivity contribution is -0.132. The molecule has 3 N–H and O–H groups in total. The monoisotopic (exact) mass is 495 g/mol. The fourth-order valence-corrected chi connectivity index (χ4v) is 4.80. The summed E-state index contributed by atoms with van der Waals surface area (Å²) in [4.78, 5) is 32.1. The molecule has 1 aliphatic heterocycles. The molecule has 0 saturated carbocycles. The van der Waals surface area contributed by atoms with Gasteiger partial charge in [-0.15, -0.1) is 0 Å². The molecular formula is C27H34FN5O3. The number of imidazole rings is 1. The van der Waals surface area contributed by atoms with Crippen LogP contribution in [0.1, 0.15) is 47.8 Å². The van der Waals surface area contributed by atoms with Crippen molar-refractivity contribution in [3.63, 3.8) is 0 Å². The van der Waals surface area contributed by atoms with Crippen LogP contribution in [0.15, 0.2) is 48.5 Å². The standard InChI is InChI=1S/C27H34FN5O3/c1-36-14-6-13-33-24-11-3-2-10-23(24)31-26(33)20-8-5-12-32(18-20)25(34)16-22(29)17-30-27(35)19-7-4-9-21(28)15-19/h2-4,7,9-11,15,20,22H,5-6,8,12-14,16-18,29H2,1H3,(H,30,35)/t20-,22+/m1/s1. The summed E-state index contributed by atoms with van der Waals surface area (Å²) in [6.07, 6.45) is 2.87. The second-order valence-electron chi connectivity index (χ2n) is 9.32. The average molecular weight is 496 g/mol. The van der Waals surface area contributed by atoms with Crippen LogP contribution in [0, 0.1) is 5.82 Å². The van der Waals surface area contributed by atoms with Crippen molar-refractivity contribution in [2.75, 3.05) is 33.4 Å². The van der Waals surface area contributed by atoms with Crippen LogP contribution in [-0.2, 0) is 16.1 Å². The van der Waals surface area contributed by atoms with Crippen molar-refractivity contribution in [2.24, 2.45) is 5.73 Å². The fourth-order valence-electron chi connectivity index (χ4n) is 4.80. The van der Waals surface area contributed by atoms with Gasteiger partial charge in [0.15, 0.2) is 0 Å². The van der Waals surface area contributed by atoms with E-state index in [9.17, 15) is 14.0 Å². The quantitative estimate of drug-likeness (QED) is 0.421. The molecule has 9 heteroatoms. The molecule has 0 aliphatic carbocycles. The molecule has 36 heavy (non-hydrogen) atoms. The predicted molar refractivity (Wildman–Crippen MR) is 136 cm³/mol. The molecule has 8 nitrogen and oxygen atoms in total. The number of aryl methyl sites for hydroxylation is 1. The molecule has 2 atom stereocenters. The number of nitrogens with one attached hydrogen (secondary N) is 1. The Hall–Kier alpha value is -3.30. The zero-order chi connectivity index (χ0) is 25.5. The van der Waals surface area contributed by atoms with Gasteiger partial charge in [0.05, 0.1) is 11.0 Å². The topological polar surface area (TPSA) is 102 Å². The maximum Gasteiger partial charge on any atom is 0.251 e. The van der Waals surface area contributed by atoms with Crippen LogP contribution < -0.4 is 11.1 Å². The van der Waals surface area contributed by atoms with Crippen molar-refractivity contribution in [3.05, 3.63) is 65.7 Å². The summed E-state index contributed by atoms with van der Waals surface area (Å²) in [5.74, 6) is 0.226. The van der Waals surface area contributed by atoms with Gasteiger partial charge in [0.1, 0.15) is 11.6 Å². The van der Waals surface area contributed by atoms with Gasteiger partial charge < -0.3 is 25.3 Å². The first-order valence-corrected chi connectivity index (χ1v) is 12.5. The molecule has 0 bridgehead atoms. The largest absolute Gasteiger partial charge is 0.385 e. The molecule has 4 rings (SSSR count). The van der Waals surface area contributed by atoms with Gasteiger partial charge in [0.25, 0.3) is 5.91 Å². The molecule has 1 aliphatic rings. The van der Waals surface area contributed by atoms with Gasteiger partial charge in [0, 0.05) is 63.8 Å². The number of amides is 2. The zero-order valence-electron chi connectivity index (χ0n) is 20.7. The van der Waals surface area contributed by atoms with Gasteiger partial charge in [-0.1, -0.05) is 18.2 Å². The van der Waals surface area contributed by atoms with Crippen LogP contribution in [0.3, 0.4) is 0 Å². The van der Waals surface area contributed by atoms with E-state index in [1.54, 1.807) is 7.11 Å². The maximum atomic E-state index is 13.4. The van der Waals surface area contributed by atoms with Crippen LogP contribution in [0.5, 0.6) is 0 Å². The number of ether oxygens (including phenoxy) is 1. The highest BCUT2D eigenvalue weighted by Crippen LogP contribution is 2.30. The molecule has 2 amide bonds. The number of halogens is 1. The minimum absolute atomic E-state index is 0.0331. The smallest absolute Gasteiger partial charge is 0.251 e. The molecule has 3 aromatic rings. The maximum absolute atomic E-state index is 13.4. The fraction of sp³-hybridized carbons (Fsp3) is 0.444. The molecule has 1 aromatic heterocycles. The second-order valence-corrected chi connectivity index (χ2v) is 9.32. The number of nitrogens with zero attached hydrogens (tertiary/aromatic N) is 3. The number of nitrogens with two attached hydrogens (primary N) is 1. The Morgan fingerprint density at radius 1 is 1.25 bits per heavy atom. The Kier molecular flexibility index (Phi) is 8.66. The number of benzene rings is 2. The summed E-state index contributed by atoms with van der Waals surface area (Å²) in [6.45, 7) is 2.89. The van der Waals surface area contributed by atoms with Gasteiger partial charge in [-0.3, -0.25) is 9.59 Å². The van der Waals surface area contributed by atoms with Crippen LogP contribution in [0.2, 0.25) is 0 Å². The van der Waals surface area contributed by atoms with E-state index >= 15 is 0 Å². The highest BCUT2D eigenvalue weighted by molar-refractivity contribution is 5.94. The lowest BCUT2D eigenvalue weighted by atomic mass is 9.96. The summed E-state index contributed by atoms with van der Waals surface area (Å²) < 4.78 is 20.9. The number of carbonyl (C=O) groups excluding carboxylic acids is 2. The van der Waals surface area contributed by atoms with Crippen LogP contribution in [0.4, 0.5) is 4.39 Å². The Labute approximate surface area is 210 Å². The molecule has 0 spiro atoms. The predicted octanol–water partition coefficient (Wildman–Crippen LogP) is 3.07. The number of methoxy groups -OCH3 is 1. The number of likely N-dealkylation sites (tertiary alicyclic amines) is 1. The second kappa shape index (κ2) is 12.1. The lowest BCUT2D eigenvalue weighted by Crippen LogP contribution is -2.45. The molecule has 0 radical (unpaired) electrons. The minimum Gasteiger partial charge on any atom is -0.385 e. The number of aromatic nitrogens is 2. The van der Waals surface area contributed by atoms with Gasteiger partial charge in [-0.05, 0) is 49.6 Å². The summed E-state index contributed by atoms with van der Waals surface area (Å²) in [6, 6.07) is 13.0. The molecule has 0 unspecified atom stereocenters. The normalized spacial score (nSPS) is 16.8. The first-order valence-electron chi connectivity index (χ1n) is 12.5. The van der Waals surface area contributed by atoms with E-state index < -0.39 is 17.8 Å². The first kappa shape index (κ1) is 25.8. The molecule has 2 aromatic carbocycles. The molecular weight excluding hydrogens is 461 g/mol. The summed E-state index contributed by atoms with van der Waals surface area (Å²) >= 11 is 0. The third-order valence-corrected chi connectivity index (χ3v) is 6.60. The summed E-state index contributed by atoms with van der Waals surface area (Å²) in [5, 5.41) is 2.69. The number of hydrogen-bond donors (Lipinski definition) is 2.